The molecule has 3 N–H and O–H groups in total. The number of nitrogen functional groups attached to an aromatic ring is 1. The molecule has 1 aliphatic carbocycles. The Kier molecular flexibility index (Phi) is 5.75. The van der Waals surface area contributed by atoms with E-state index in [4.69, 9.17) is 27.3 Å². The Labute approximate surface area is 192 Å². The molecule has 0 amide bonds. The summed E-state index contributed by atoms with van der Waals surface area (Å²) in [4.78, 5) is 25.2. The molecule has 0 radical (unpaired) electrons. The summed E-state index contributed by atoms with van der Waals surface area (Å²) in [6.45, 7) is 1.64. The fraction of sp³-hybridized carbons (Fsp3) is 0.591. The van der Waals surface area contributed by atoms with E-state index in [9.17, 15) is 9.90 Å². The van der Waals surface area contributed by atoms with E-state index in [1.807, 2.05) is 12.4 Å². The van der Waals surface area contributed by atoms with E-state index in [1.165, 1.54) is 0 Å². The largest absolute Gasteiger partial charge is 0.481 e. The Balaban J connectivity index is 1.23. The van der Waals surface area contributed by atoms with Crippen LogP contribution >= 0.6 is 11.6 Å². The lowest BCUT2D eigenvalue weighted by atomic mass is 9.79. The van der Waals surface area contributed by atoms with E-state index in [0.717, 1.165) is 75.2 Å². The monoisotopic (exact) mass is 457 g/mol. The maximum atomic E-state index is 11.2. The number of rotatable bonds is 5. The zero-order valence-corrected chi connectivity index (χ0v) is 18.7. The lowest BCUT2D eigenvalue weighted by Gasteiger charge is -2.42. The van der Waals surface area contributed by atoms with E-state index in [-0.39, 0.29) is 5.92 Å². The quantitative estimate of drug-likeness (QED) is 0.697. The van der Waals surface area contributed by atoms with E-state index in [0.29, 0.717) is 29.0 Å². The molecule has 2 aromatic heterocycles. The first-order chi connectivity index (χ1) is 15.5. The van der Waals surface area contributed by atoms with Crippen LogP contribution in [0.15, 0.2) is 18.5 Å². The van der Waals surface area contributed by atoms with Crippen LogP contribution in [0.2, 0.25) is 5.15 Å². The fourth-order valence-corrected chi connectivity index (χ4v) is 5.72. The molecule has 0 spiro atoms. The van der Waals surface area contributed by atoms with Crippen molar-refractivity contribution in [1.82, 2.24) is 20.2 Å². The molecule has 2 atom stereocenters. The number of hydrogen-bond acceptors (Lipinski definition) is 8. The normalized spacial score (nSPS) is 27.5. The highest BCUT2D eigenvalue weighted by Crippen LogP contribution is 2.37. The second-order valence-corrected chi connectivity index (χ2v) is 9.67. The standard InChI is InChI=1S/C22H28ClN7O2/c23-19-8-18(20(24)28-27-19)29-11-16-5-6-17(12-29)30(16)22-25-9-14(10-26-22)7-13-1-3-15(4-2-13)21(31)32/h8-10,13,15-17H,1-7,11-12H2,(H2,24,28)(H,31,32). The first kappa shape index (κ1) is 21.2. The van der Waals surface area contributed by atoms with E-state index >= 15 is 0 Å². The summed E-state index contributed by atoms with van der Waals surface area (Å²) in [6.07, 6.45) is 10.5. The SMILES string of the molecule is Nc1nnc(Cl)cc1N1CC2CCC(C1)N2c1ncc(CC2CCC(C(=O)O)CC2)cn1. The molecule has 0 aromatic carbocycles. The van der Waals surface area contributed by atoms with Gasteiger partial charge in [-0.3, -0.25) is 4.79 Å². The zero-order chi connectivity index (χ0) is 22.2. The van der Waals surface area contributed by atoms with Gasteiger partial charge in [0, 0.05) is 43.6 Å². The van der Waals surface area contributed by atoms with Gasteiger partial charge in [-0.1, -0.05) is 11.6 Å². The van der Waals surface area contributed by atoms with Crippen LogP contribution in [-0.2, 0) is 11.2 Å². The number of carboxylic acid groups (broad SMARTS) is 1. The maximum absolute atomic E-state index is 11.2. The van der Waals surface area contributed by atoms with Gasteiger partial charge in [0.2, 0.25) is 5.95 Å². The molecule has 3 fully saturated rings. The molecule has 2 aliphatic heterocycles. The van der Waals surface area contributed by atoms with Gasteiger partial charge in [0.15, 0.2) is 11.0 Å². The van der Waals surface area contributed by atoms with Gasteiger partial charge in [0.25, 0.3) is 0 Å². The third-order valence-electron chi connectivity index (χ3n) is 7.24. The van der Waals surface area contributed by atoms with Crippen molar-refractivity contribution in [3.8, 4) is 0 Å². The van der Waals surface area contributed by atoms with Crippen molar-refractivity contribution in [3.63, 3.8) is 0 Å². The minimum Gasteiger partial charge on any atom is -0.481 e. The lowest BCUT2D eigenvalue weighted by molar-refractivity contribution is -0.143. The van der Waals surface area contributed by atoms with Crippen LogP contribution in [-0.4, -0.2) is 56.4 Å². The zero-order valence-electron chi connectivity index (χ0n) is 17.9. The van der Waals surface area contributed by atoms with Crippen molar-refractivity contribution in [2.24, 2.45) is 11.8 Å². The molecule has 2 bridgehead atoms. The van der Waals surface area contributed by atoms with Crippen LogP contribution in [0.4, 0.5) is 17.5 Å². The minimum absolute atomic E-state index is 0.173. The highest BCUT2D eigenvalue weighted by molar-refractivity contribution is 6.29. The second kappa shape index (κ2) is 8.69. The van der Waals surface area contributed by atoms with Crippen LogP contribution in [0.3, 0.4) is 0 Å². The molecular formula is C22H28ClN7O2. The number of anilines is 3. The number of aromatic nitrogens is 4. The maximum Gasteiger partial charge on any atom is 0.306 e. The molecule has 10 heteroatoms. The molecule has 2 saturated heterocycles. The van der Waals surface area contributed by atoms with Gasteiger partial charge < -0.3 is 20.6 Å². The summed E-state index contributed by atoms with van der Waals surface area (Å²) in [5.41, 5.74) is 8.02. The van der Waals surface area contributed by atoms with Crippen LogP contribution < -0.4 is 15.5 Å². The van der Waals surface area contributed by atoms with E-state index in [2.05, 4.69) is 20.0 Å². The molecule has 3 aliphatic rings. The number of nitrogens with two attached hydrogens (primary N) is 1. The van der Waals surface area contributed by atoms with Gasteiger partial charge >= 0.3 is 5.97 Å². The lowest BCUT2D eigenvalue weighted by Crippen LogP contribution is -2.54. The van der Waals surface area contributed by atoms with Gasteiger partial charge in [-0.2, -0.15) is 0 Å². The average molecular weight is 458 g/mol. The number of carboxylic acids is 1. The van der Waals surface area contributed by atoms with E-state index in [1.54, 1.807) is 6.07 Å². The minimum atomic E-state index is -0.656. The molecular weight excluding hydrogens is 430 g/mol. The number of halogens is 1. The Morgan fingerprint density at radius 1 is 1.06 bits per heavy atom. The second-order valence-electron chi connectivity index (χ2n) is 9.29. The highest BCUT2D eigenvalue weighted by atomic mass is 35.5. The average Bonchev–Trinajstić information content (AvgIpc) is 3.05. The van der Waals surface area contributed by atoms with Crippen molar-refractivity contribution < 1.29 is 9.90 Å². The van der Waals surface area contributed by atoms with Crippen molar-refractivity contribution in [2.75, 3.05) is 28.6 Å². The third-order valence-corrected chi connectivity index (χ3v) is 7.42. The van der Waals surface area contributed by atoms with Gasteiger partial charge in [0.1, 0.15) is 0 Å². The van der Waals surface area contributed by atoms with E-state index < -0.39 is 5.97 Å². The van der Waals surface area contributed by atoms with Gasteiger partial charge in [-0.05, 0) is 56.4 Å². The molecule has 5 rings (SSSR count). The third kappa shape index (κ3) is 4.18. The number of aliphatic carboxylic acids is 1. The summed E-state index contributed by atoms with van der Waals surface area (Å²) < 4.78 is 0. The molecule has 9 nitrogen and oxygen atoms in total. The van der Waals surface area contributed by atoms with Gasteiger partial charge in [-0.15, -0.1) is 10.2 Å². The summed E-state index contributed by atoms with van der Waals surface area (Å²) in [7, 11) is 0. The Morgan fingerprint density at radius 3 is 2.34 bits per heavy atom. The summed E-state index contributed by atoms with van der Waals surface area (Å²) in [5.74, 6) is 0.880. The first-order valence-corrected chi connectivity index (χ1v) is 11.7. The highest BCUT2D eigenvalue weighted by Gasteiger charge is 2.42. The van der Waals surface area contributed by atoms with Crippen LogP contribution in [0, 0.1) is 11.8 Å². The Bertz CT molecular complexity index is 967. The van der Waals surface area contributed by atoms with Crippen LogP contribution in [0.1, 0.15) is 44.1 Å². The van der Waals surface area contributed by atoms with Crippen molar-refractivity contribution in [3.05, 3.63) is 29.2 Å². The summed E-state index contributed by atoms with van der Waals surface area (Å²) >= 11 is 6.04. The van der Waals surface area contributed by atoms with Crippen molar-refractivity contribution in [2.45, 2.75) is 57.0 Å². The van der Waals surface area contributed by atoms with Crippen molar-refractivity contribution >= 4 is 35.0 Å². The summed E-state index contributed by atoms with van der Waals surface area (Å²) in [6, 6.07) is 2.42. The Morgan fingerprint density at radius 2 is 1.72 bits per heavy atom. The molecule has 2 unspecified atom stereocenters. The molecule has 2 aromatic rings. The molecule has 32 heavy (non-hydrogen) atoms. The number of carbonyl (C=O) groups is 1. The number of piperazine rings is 1. The summed E-state index contributed by atoms with van der Waals surface area (Å²) in [5, 5.41) is 17.3. The van der Waals surface area contributed by atoms with Crippen LogP contribution in [0.25, 0.3) is 0 Å². The van der Waals surface area contributed by atoms with Crippen molar-refractivity contribution in [1.29, 1.82) is 0 Å². The first-order valence-electron chi connectivity index (χ1n) is 11.3. The smallest absolute Gasteiger partial charge is 0.306 e. The number of hydrogen-bond donors (Lipinski definition) is 2. The topological polar surface area (TPSA) is 121 Å². The number of nitrogens with zero attached hydrogens (tertiary/aromatic N) is 6. The number of fused-ring (bicyclic) bond motifs is 2. The Hall–Kier alpha value is -2.68. The molecule has 170 valence electrons. The van der Waals surface area contributed by atoms with Gasteiger partial charge in [-0.25, -0.2) is 9.97 Å². The molecule has 4 heterocycles. The predicted octanol–water partition coefficient (Wildman–Crippen LogP) is 2.79. The van der Waals surface area contributed by atoms with Gasteiger partial charge in [0.05, 0.1) is 11.6 Å². The van der Waals surface area contributed by atoms with Crippen LogP contribution in [0.5, 0.6) is 0 Å². The predicted molar refractivity (Wildman–Crippen MR) is 122 cm³/mol. The molecule has 1 saturated carbocycles. The fourth-order valence-electron chi connectivity index (χ4n) is 5.58.